The monoisotopic (exact) mass is 225 g/mol. The second-order valence-corrected chi connectivity index (χ2v) is 4.06. The highest BCUT2D eigenvalue weighted by Crippen LogP contribution is 2.08. The van der Waals surface area contributed by atoms with Crippen LogP contribution in [0.5, 0.6) is 0 Å². The third-order valence-electron chi connectivity index (χ3n) is 2.82. The number of nitrogens with zero attached hydrogens (tertiary/aromatic N) is 2. The summed E-state index contributed by atoms with van der Waals surface area (Å²) < 4.78 is 7.19. The number of aryl methyl sites for hydroxylation is 2. The van der Waals surface area contributed by atoms with Gasteiger partial charge in [0.1, 0.15) is 0 Å². The van der Waals surface area contributed by atoms with Gasteiger partial charge in [0, 0.05) is 38.4 Å². The molecule has 0 aliphatic heterocycles. The number of nitrogens with one attached hydrogen (secondary N) is 1. The van der Waals surface area contributed by atoms with E-state index in [-0.39, 0.29) is 0 Å². The number of rotatable bonds is 7. The van der Waals surface area contributed by atoms with Crippen molar-refractivity contribution in [1.29, 1.82) is 0 Å². The summed E-state index contributed by atoms with van der Waals surface area (Å²) in [5.41, 5.74) is 2.40. The van der Waals surface area contributed by atoms with Crippen LogP contribution in [0.1, 0.15) is 24.7 Å². The number of methoxy groups -OCH3 is 1. The van der Waals surface area contributed by atoms with Gasteiger partial charge in [-0.15, -0.1) is 0 Å². The topological polar surface area (TPSA) is 39.1 Å². The zero-order chi connectivity index (χ0) is 12.0. The molecule has 92 valence electrons. The molecule has 1 unspecified atom stereocenters. The van der Waals surface area contributed by atoms with Crippen molar-refractivity contribution >= 4 is 0 Å². The maximum Gasteiger partial charge on any atom is 0.0596 e. The molecule has 0 saturated carbocycles. The van der Waals surface area contributed by atoms with E-state index < -0.39 is 0 Å². The van der Waals surface area contributed by atoms with Crippen molar-refractivity contribution in [3.05, 3.63) is 17.5 Å². The van der Waals surface area contributed by atoms with Crippen LogP contribution in [0.15, 0.2) is 6.07 Å². The van der Waals surface area contributed by atoms with Crippen LogP contribution in [0.2, 0.25) is 0 Å². The van der Waals surface area contributed by atoms with Gasteiger partial charge in [0.2, 0.25) is 0 Å². The van der Waals surface area contributed by atoms with Crippen LogP contribution in [0, 0.1) is 6.92 Å². The first-order valence-corrected chi connectivity index (χ1v) is 5.90. The van der Waals surface area contributed by atoms with Crippen LogP contribution in [0.3, 0.4) is 0 Å². The molecule has 0 amide bonds. The Labute approximate surface area is 98.0 Å². The summed E-state index contributed by atoms with van der Waals surface area (Å²) in [5, 5.41) is 7.78. The van der Waals surface area contributed by atoms with Crippen molar-refractivity contribution in [3.8, 4) is 0 Å². The molecule has 0 radical (unpaired) electrons. The Balaban J connectivity index is 2.61. The van der Waals surface area contributed by atoms with E-state index in [4.69, 9.17) is 4.74 Å². The summed E-state index contributed by atoms with van der Waals surface area (Å²) in [6.07, 6.45) is 2.04. The predicted octanol–water partition coefficient (Wildman–Crippen LogP) is 1.38. The van der Waals surface area contributed by atoms with Gasteiger partial charge in [-0.1, -0.05) is 0 Å². The third-order valence-corrected chi connectivity index (χ3v) is 2.82. The Bertz CT molecular complexity index is 309. The third kappa shape index (κ3) is 3.61. The number of hydrogen-bond acceptors (Lipinski definition) is 3. The first-order valence-electron chi connectivity index (χ1n) is 5.90. The van der Waals surface area contributed by atoms with Crippen molar-refractivity contribution < 1.29 is 4.74 Å². The van der Waals surface area contributed by atoms with Crippen molar-refractivity contribution in [2.24, 2.45) is 0 Å². The highest BCUT2D eigenvalue weighted by atomic mass is 16.5. The number of aromatic nitrogens is 2. The summed E-state index contributed by atoms with van der Waals surface area (Å²) in [7, 11) is 3.74. The first kappa shape index (κ1) is 13.2. The molecular formula is C12H23N3O. The Morgan fingerprint density at radius 2 is 2.31 bits per heavy atom. The van der Waals surface area contributed by atoms with Gasteiger partial charge >= 0.3 is 0 Å². The van der Waals surface area contributed by atoms with Gasteiger partial charge in [-0.2, -0.15) is 5.10 Å². The molecule has 0 bridgehead atoms. The summed E-state index contributed by atoms with van der Waals surface area (Å²) in [6, 6.07) is 2.63. The summed E-state index contributed by atoms with van der Waals surface area (Å²) in [6.45, 7) is 5.90. The zero-order valence-electron chi connectivity index (χ0n) is 10.8. The van der Waals surface area contributed by atoms with Crippen LogP contribution in [0.25, 0.3) is 0 Å². The fourth-order valence-corrected chi connectivity index (χ4v) is 1.90. The van der Waals surface area contributed by atoms with Crippen molar-refractivity contribution in [1.82, 2.24) is 15.1 Å². The Morgan fingerprint density at radius 3 is 2.88 bits per heavy atom. The standard InChI is InChI=1S/C12H23N3O/c1-5-15-12(8-10(2)14-15)9-11(13-3)6-7-16-4/h8,11,13H,5-7,9H2,1-4H3. The number of ether oxygens (including phenoxy) is 1. The van der Waals surface area contributed by atoms with E-state index in [1.165, 1.54) is 5.69 Å². The van der Waals surface area contributed by atoms with E-state index >= 15 is 0 Å². The molecule has 1 aromatic rings. The van der Waals surface area contributed by atoms with Gasteiger partial charge in [-0.05, 0) is 33.4 Å². The lowest BCUT2D eigenvalue weighted by molar-refractivity contribution is 0.183. The van der Waals surface area contributed by atoms with Crippen LogP contribution in [0.4, 0.5) is 0 Å². The van der Waals surface area contributed by atoms with Crippen LogP contribution in [-0.4, -0.2) is 36.6 Å². The normalized spacial score (nSPS) is 13.0. The molecule has 16 heavy (non-hydrogen) atoms. The molecule has 1 heterocycles. The highest BCUT2D eigenvalue weighted by Gasteiger charge is 2.11. The van der Waals surface area contributed by atoms with Crippen molar-refractivity contribution in [2.45, 2.75) is 39.3 Å². The van der Waals surface area contributed by atoms with Gasteiger partial charge in [0.25, 0.3) is 0 Å². The van der Waals surface area contributed by atoms with Gasteiger partial charge in [0.05, 0.1) is 5.69 Å². The SMILES string of the molecule is CCn1nc(C)cc1CC(CCOC)NC. The number of likely N-dealkylation sites (N-methyl/N-ethyl adjacent to an activating group) is 1. The summed E-state index contributed by atoms with van der Waals surface area (Å²) >= 11 is 0. The molecule has 1 N–H and O–H groups in total. The van der Waals surface area contributed by atoms with Crippen molar-refractivity contribution in [3.63, 3.8) is 0 Å². The average molecular weight is 225 g/mol. The fraction of sp³-hybridized carbons (Fsp3) is 0.750. The molecular weight excluding hydrogens is 202 g/mol. The van der Waals surface area contributed by atoms with E-state index in [1.807, 2.05) is 14.0 Å². The van der Waals surface area contributed by atoms with Gasteiger partial charge in [0.15, 0.2) is 0 Å². The van der Waals surface area contributed by atoms with E-state index in [2.05, 4.69) is 28.1 Å². The Kier molecular flexibility index (Phi) is 5.49. The second kappa shape index (κ2) is 6.66. The first-order chi connectivity index (χ1) is 7.71. The predicted molar refractivity (Wildman–Crippen MR) is 65.7 cm³/mol. The van der Waals surface area contributed by atoms with Crippen LogP contribution in [-0.2, 0) is 17.7 Å². The van der Waals surface area contributed by atoms with Gasteiger partial charge < -0.3 is 10.1 Å². The molecule has 0 aliphatic carbocycles. The minimum atomic E-state index is 0.460. The zero-order valence-corrected chi connectivity index (χ0v) is 10.8. The lowest BCUT2D eigenvalue weighted by atomic mass is 10.1. The highest BCUT2D eigenvalue weighted by molar-refractivity contribution is 5.10. The van der Waals surface area contributed by atoms with E-state index in [9.17, 15) is 0 Å². The smallest absolute Gasteiger partial charge is 0.0596 e. The molecule has 0 fully saturated rings. The molecule has 1 aromatic heterocycles. The van der Waals surface area contributed by atoms with E-state index in [0.717, 1.165) is 31.7 Å². The van der Waals surface area contributed by atoms with Crippen LogP contribution >= 0.6 is 0 Å². The minimum Gasteiger partial charge on any atom is -0.385 e. The Hall–Kier alpha value is -0.870. The summed E-state index contributed by atoms with van der Waals surface area (Å²) in [5.74, 6) is 0. The largest absolute Gasteiger partial charge is 0.385 e. The van der Waals surface area contributed by atoms with E-state index in [1.54, 1.807) is 7.11 Å². The Morgan fingerprint density at radius 1 is 1.56 bits per heavy atom. The molecule has 1 rings (SSSR count). The molecule has 0 saturated heterocycles. The van der Waals surface area contributed by atoms with Crippen LogP contribution < -0.4 is 5.32 Å². The maximum absolute atomic E-state index is 5.11. The summed E-state index contributed by atoms with van der Waals surface area (Å²) in [4.78, 5) is 0. The quantitative estimate of drug-likeness (QED) is 0.762. The van der Waals surface area contributed by atoms with E-state index in [0.29, 0.717) is 6.04 Å². The lowest BCUT2D eigenvalue weighted by Crippen LogP contribution is -2.29. The molecule has 0 aliphatic rings. The van der Waals surface area contributed by atoms with Gasteiger partial charge in [-0.25, -0.2) is 0 Å². The van der Waals surface area contributed by atoms with Gasteiger partial charge in [-0.3, -0.25) is 4.68 Å². The average Bonchev–Trinajstić information content (AvgIpc) is 2.64. The minimum absolute atomic E-state index is 0.460. The second-order valence-electron chi connectivity index (χ2n) is 4.06. The fourth-order valence-electron chi connectivity index (χ4n) is 1.90. The molecule has 0 aromatic carbocycles. The number of hydrogen-bond donors (Lipinski definition) is 1. The van der Waals surface area contributed by atoms with Crippen molar-refractivity contribution in [2.75, 3.05) is 20.8 Å². The molecule has 4 heteroatoms. The molecule has 4 nitrogen and oxygen atoms in total. The lowest BCUT2D eigenvalue weighted by Gasteiger charge is -2.16. The molecule has 1 atom stereocenters. The molecule has 0 spiro atoms. The maximum atomic E-state index is 5.11.